The van der Waals surface area contributed by atoms with E-state index in [1.165, 1.54) is 6.07 Å². The van der Waals surface area contributed by atoms with E-state index < -0.39 is 6.10 Å². The third-order valence-corrected chi connectivity index (χ3v) is 4.97. The van der Waals surface area contributed by atoms with E-state index >= 15 is 0 Å². The van der Waals surface area contributed by atoms with Crippen LogP contribution >= 0.6 is 0 Å². The molecule has 0 radical (unpaired) electrons. The largest absolute Gasteiger partial charge is 0.507 e. The highest BCUT2D eigenvalue weighted by atomic mass is 16.5. The maximum atomic E-state index is 13.2. The summed E-state index contributed by atoms with van der Waals surface area (Å²) in [6.07, 6.45) is 2.35. The monoisotopic (exact) mass is 414 g/mol. The number of benzene rings is 1. The van der Waals surface area contributed by atoms with Gasteiger partial charge in [-0.25, -0.2) is 0 Å². The standard InChI is InChI=1S/C22H26N2O6/c1-15(26)12-19-17(4-3-8-23-19)22(28)24-9-11-29-14-16(24)7-10-30-21-6-2-5-20(27)18(21)13-25/h2-6,8,13,15-16,26-27H,7,9-12,14H2,1H3/t15?,16-/m1/s1. The fraction of sp³-hybridized carbons (Fsp3) is 0.409. The second kappa shape index (κ2) is 10.2. The van der Waals surface area contributed by atoms with Gasteiger partial charge in [0.1, 0.15) is 11.5 Å². The SMILES string of the molecule is CC(O)Cc1ncccc1C(=O)N1CCOC[C@H]1CCOc1cccc(O)c1C=O. The molecule has 1 aliphatic rings. The van der Waals surface area contributed by atoms with Gasteiger partial charge in [-0.3, -0.25) is 14.6 Å². The van der Waals surface area contributed by atoms with Gasteiger partial charge >= 0.3 is 0 Å². The van der Waals surface area contributed by atoms with Crippen LogP contribution in [0.3, 0.4) is 0 Å². The minimum Gasteiger partial charge on any atom is -0.507 e. The molecule has 8 nitrogen and oxygen atoms in total. The number of aromatic hydroxyl groups is 1. The molecular weight excluding hydrogens is 388 g/mol. The molecule has 30 heavy (non-hydrogen) atoms. The van der Waals surface area contributed by atoms with Gasteiger partial charge in [-0.15, -0.1) is 0 Å². The number of carbonyl (C=O) groups is 2. The smallest absolute Gasteiger partial charge is 0.256 e. The van der Waals surface area contributed by atoms with Crippen molar-refractivity contribution in [3.05, 3.63) is 53.3 Å². The molecule has 1 aliphatic heterocycles. The Morgan fingerprint density at radius 2 is 2.23 bits per heavy atom. The van der Waals surface area contributed by atoms with E-state index in [0.717, 1.165) is 0 Å². The van der Waals surface area contributed by atoms with Crippen LogP contribution in [0, 0.1) is 0 Å². The van der Waals surface area contributed by atoms with Crippen molar-refractivity contribution in [3.8, 4) is 11.5 Å². The summed E-state index contributed by atoms with van der Waals surface area (Å²) < 4.78 is 11.3. The highest BCUT2D eigenvalue weighted by molar-refractivity contribution is 5.95. The lowest BCUT2D eigenvalue weighted by atomic mass is 10.0. The molecule has 2 atom stereocenters. The molecule has 0 spiro atoms. The number of aliphatic hydroxyl groups excluding tert-OH is 1. The van der Waals surface area contributed by atoms with Gasteiger partial charge in [-0.05, 0) is 31.2 Å². The number of phenolic OH excluding ortho intramolecular Hbond substituents is 1. The number of pyridine rings is 1. The number of ether oxygens (including phenoxy) is 2. The number of amides is 1. The number of aliphatic hydroxyl groups is 1. The van der Waals surface area contributed by atoms with Crippen LogP contribution in [-0.2, 0) is 11.2 Å². The molecular formula is C22H26N2O6. The van der Waals surface area contributed by atoms with Crippen molar-refractivity contribution < 1.29 is 29.3 Å². The Balaban J connectivity index is 1.69. The van der Waals surface area contributed by atoms with Crippen LogP contribution in [0.4, 0.5) is 0 Å². The Bertz CT molecular complexity index is 886. The highest BCUT2D eigenvalue weighted by Gasteiger charge is 2.29. The molecule has 1 aromatic carbocycles. The summed E-state index contributed by atoms with van der Waals surface area (Å²) in [6, 6.07) is 7.86. The van der Waals surface area contributed by atoms with Crippen LogP contribution in [0.2, 0.25) is 0 Å². The molecule has 8 heteroatoms. The maximum absolute atomic E-state index is 13.2. The summed E-state index contributed by atoms with van der Waals surface area (Å²) in [4.78, 5) is 30.4. The lowest BCUT2D eigenvalue weighted by Crippen LogP contribution is -2.49. The summed E-state index contributed by atoms with van der Waals surface area (Å²) in [6.45, 7) is 3.17. The lowest BCUT2D eigenvalue weighted by molar-refractivity contribution is -0.00753. The molecule has 0 aliphatic carbocycles. The Morgan fingerprint density at radius 1 is 1.40 bits per heavy atom. The number of rotatable bonds is 8. The van der Waals surface area contributed by atoms with E-state index in [0.29, 0.717) is 55.9 Å². The topological polar surface area (TPSA) is 109 Å². The van der Waals surface area contributed by atoms with Gasteiger partial charge < -0.3 is 24.6 Å². The molecule has 2 heterocycles. The van der Waals surface area contributed by atoms with Crippen LogP contribution < -0.4 is 4.74 Å². The van der Waals surface area contributed by atoms with Gasteiger partial charge in [0.05, 0.1) is 48.8 Å². The van der Waals surface area contributed by atoms with E-state index in [1.54, 1.807) is 42.3 Å². The number of nitrogens with zero attached hydrogens (tertiary/aromatic N) is 2. The molecule has 3 rings (SSSR count). The summed E-state index contributed by atoms with van der Waals surface area (Å²) >= 11 is 0. The van der Waals surface area contributed by atoms with Crippen molar-refractivity contribution in [2.45, 2.75) is 31.9 Å². The molecule has 1 amide bonds. The van der Waals surface area contributed by atoms with E-state index in [1.807, 2.05) is 0 Å². The number of carbonyl (C=O) groups excluding carboxylic acids is 2. The van der Waals surface area contributed by atoms with Gasteiger partial charge in [0, 0.05) is 25.6 Å². The van der Waals surface area contributed by atoms with Crippen molar-refractivity contribution in [1.29, 1.82) is 0 Å². The first-order chi connectivity index (χ1) is 14.5. The quantitative estimate of drug-likeness (QED) is 0.634. The van der Waals surface area contributed by atoms with Crippen LogP contribution in [0.5, 0.6) is 11.5 Å². The summed E-state index contributed by atoms with van der Waals surface area (Å²) in [5, 5.41) is 19.5. The third-order valence-electron chi connectivity index (χ3n) is 4.97. The Kier molecular flexibility index (Phi) is 7.37. The van der Waals surface area contributed by atoms with E-state index in [4.69, 9.17) is 9.47 Å². The fourth-order valence-corrected chi connectivity index (χ4v) is 3.47. The first kappa shape index (κ1) is 21.7. The number of hydrogen-bond donors (Lipinski definition) is 2. The summed E-state index contributed by atoms with van der Waals surface area (Å²) in [7, 11) is 0. The number of phenols is 1. The minimum absolute atomic E-state index is 0.100. The zero-order chi connectivity index (χ0) is 21.5. The number of aldehydes is 1. The van der Waals surface area contributed by atoms with Crippen molar-refractivity contribution in [1.82, 2.24) is 9.88 Å². The maximum Gasteiger partial charge on any atom is 0.256 e. The van der Waals surface area contributed by atoms with Crippen LogP contribution in [0.1, 0.15) is 39.8 Å². The first-order valence-corrected chi connectivity index (χ1v) is 9.92. The van der Waals surface area contributed by atoms with Crippen molar-refractivity contribution >= 4 is 12.2 Å². The Labute approximate surface area is 175 Å². The first-order valence-electron chi connectivity index (χ1n) is 9.92. The molecule has 1 fully saturated rings. The second-order valence-corrected chi connectivity index (χ2v) is 7.22. The number of aromatic nitrogens is 1. The lowest BCUT2D eigenvalue weighted by Gasteiger charge is -2.36. The molecule has 0 bridgehead atoms. The van der Waals surface area contributed by atoms with Gasteiger partial charge in [0.25, 0.3) is 5.91 Å². The van der Waals surface area contributed by atoms with E-state index in [9.17, 15) is 19.8 Å². The summed E-state index contributed by atoms with van der Waals surface area (Å²) in [5.41, 5.74) is 1.14. The number of hydrogen-bond acceptors (Lipinski definition) is 7. The van der Waals surface area contributed by atoms with Crippen molar-refractivity contribution in [2.75, 3.05) is 26.4 Å². The molecule has 1 aromatic heterocycles. The molecule has 1 unspecified atom stereocenters. The van der Waals surface area contributed by atoms with Crippen LogP contribution in [-0.4, -0.2) is 70.8 Å². The molecule has 2 N–H and O–H groups in total. The van der Waals surface area contributed by atoms with Gasteiger partial charge in [0.15, 0.2) is 6.29 Å². The van der Waals surface area contributed by atoms with Gasteiger partial charge in [-0.2, -0.15) is 0 Å². The van der Waals surface area contributed by atoms with Crippen molar-refractivity contribution in [2.24, 2.45) is 0 Å². The fourth-order valence-electron chi connectivity index (χ4n) is 3.47. The highest BCUT2D eigenvalue weighted by Crippen LogP contribution is 2.26. The zero-order valence-electron chi connectivity index (χ0n) is 16.9. The van der Waals surface area contributed by atoms with Crippen LogP contribution in [0.15, 0.2) is 36.5 Å². The minimum atomic E-state index is -0.602. The average Bonchev–Trinajstić information content (AvgIpc) is 2.74. The van der Waals surface area contributed by atoms with E-state index in [-0.39, 0.29) is 29.9 Å². The summed E-state index contributed by atoms with van der Waals surface area (Å²) in [5.74, 6) is 0.00610. The van der Waals surface area contributed by atoms with Crippen LogP contribution in [0.25, 0.3) is 0 Å². The normalized spacial score (nSPS) is 17.4. The predicted molar refractivity (Wildman–Crippen MR) is 109 cm³/mol. The van der Waals surface area contributed by atoms with Crippen molar-refractivity contribution in [3.63, 3.8) is 0 Å². The number of morpholine rings is 1. The average molecular weight is 414 g/mol. The molecule has 160 valence electrons. The second-order valence-electron chi connectivity index (χ2n) is 7.22. The van der Waals surface area contributed by atoms with Gasteiger partial charge in [0.2, 0.25) is 0 Å². The molecule has 2 aromatic rings. The third kappa shape index (κ3) is 5.14. The zero-order valence-corrected chi connectivity index (χ0v) is 16.9. The molecule has 1 saturated heterocycles. The predicted octanol–water partition coefficient (Wildman–Crippen LogP) is 1.83. The Hall–Kier alpha value is -2.97. The Morgan fingerprint density at radius 3 is 3.00 bits per heavy atom. The van der Waals surface area contributed by atoms with Gasteiger partial charge in [-0.1, -0.05) is 6.07 Å². The van der Waals surface area contributed by atoms with E-state index in [2.05, 4.69) is 4.98 Å². The molecule has 0 saturated carbocycles.